The highest BCUT2D eigenvalue weighted by atomic mass is 32.2. The van der Waals surface area contributed by atoms with Crippen LogP contribution in [0.5, 0.6) is 5.75 Å². The summed E-state index contributed by atoms with van der Waals surface area (Å²) in [6.45, 7) is 1.42. The summed E-state index contributed by atoms with van der Waals surface area (Å²) in [5.41, 5.74) is 0.653. The predicted octanol–water partition coefficient (Wildman–Crippen LogP) is 1.36. The molecular formula is C13H15NO4S. The van der Waals surface area contributed by atoms with Gasteiger partial charge >= 0.3 is 0 Å². The third-order valence-corrected chi connectivity index (χ3v) is 4.31. The topological polar surface area (TPSA) is 63.7 Å². The molecule has 19 heavy (non-hydrogen) atoms. The van der Waals surface area contributed by atoms with E-state index in [0.717, 1.165) is 5.41 Å². The van der Waals surface area contributed by atoms with Crippen molar-refractivity contribution in [2.45, 2.75) is 13.0 Å². The minimum Gasteiger partial charge on any atom is -0.497 e. The standard InChI is InChI=1S/C13H15NO4S/c1-10(15)14(12-7-8-19(16,17)9-12)11-3-5-13(18-2)6-4-11/h3-8,12H,9H2,1-2H3/t12-/m1/s1. The van der Waals surface area contributed by atoms with E-state index in [-0.39, 0.29) is 11.7 Å². The van der Waals surface area contributed by atoms with Crippen LogP contribution in [0.25, 0.3) is 0 Å². The van der Waals surface area contributed by atoms with E-state index < -0.39 is 15.9 Å². The molecule has 2 rings (SSSR count). The van der Waals surface area contributed by atoms with Crippen molar-refractivity contribution in [3.63, 3.8) is 0 Å². The molecule has 0 radical (unpaired) electrons. The van der Waals surface area contributed by atoms with Crippen LogP contribution in [0, 0.1) is 0 Å². The fourth-order valence-corrected chi connectivity index (χ4v) is 3.34. The van der Waals surface area contributed by atoms with Crippen molar-refractivity contribution in [1.82, 2.24) is 0 Å². The van der Waals surface area contributed by atoms with E-state index in [1.807, 2.05) is 0 Å². The molecular weight excluding hydrogens is 266 g/mol. The SMILES string of the molecule is COc1ccc(N(C(C)=O)[C@@H]2C=CS(=O)(=O)C2)cc1. The Morgan fingerprint density at radius 1 is 1.32 bits per heavy atom. The summed E-state index contributed by atoms with van der Waals surface area (Å²) in [7, 11) is -1.63. The molecule has 1 heterocycles. The van der Waals surface area contributed by atoms with Gasteiger partial charge in [-0.3, -0.25) is 4.79 Å². The van der Waals surface area contributed by atoms with Crippen molar-refractivity contribution in [3.8, 4) is 5.75 Å². The van der Waals surface area contributed by atoms with Gasteiger partial charge in [-0.2, -0.15) is 0 Å². The first kappa shape index (κ1) is 13.6. The minimum atomic E-state index is -3.19. The molecule has 0 fully saturated rings. The van der Waals surface area contributed by atoms with Gasteiger partial charge in [-0.25, -0.2) is 8.42 Å². The predicted molar refractivity (Wildman–Crippen MR) is 72.9 cm³/mol. The molecule has 1 aromatic carbocycles. The number of hydrogen-bond donors (Lipinski definition) is 0. The van der Waals surface area contributed by atoms with Crippen LogP contribution >= 0.6 is 0 Å². The lowest BCUT2D eigenvalue weighted by atomic mass is 10.2. The van der Waals surface area contributed by atoms with Crippen LogP contribution in [-0.2, 0) is 14.6 Å². The Balaban J connectivity index is 2.31. The highest BCUT2D eigenvalue weighted by Gasteiger charge is 2.29. The fraction of sp³-hybridized carbons (Fsp3) is 0.308. The van der Waals surface area contributed by atoms with Gasteiger partial charge in [0.2, 0.25) is 5.91 Å². The quantitative estimate of drug-likeness (QED) is 0.839. The maximum atomic E-state index is 11.8. The highest BCUT2D eigenvalue weighted by molar-refractivity contribution is 7.94. The van der Waals surface area contributed by atoms with Gasteiger partial charge in [0.15, 0.2) is 9.84 Å². The zero-order chi connectivity index (χ0) is 14.0. The Hall–Kier alpha value is -1.82. The first-order valence-electron chi connectivity index (χ1n) is 5.78. The number of anilines is 1. The van der Waals surface area contributed by atoms with E-state index in [1.165, 1.54) is 11.8 Å². The number of carbonyl (C=O) groups excluding carboxylic acids is 1. The second-order valence-electron chi connectivity index (χ2n) is 4.31. The van der Waals surface area contributed by atoms with E-state index in [0.29, 0.717) is 11.4 Å². The molecule has 5 nitrogen and oxygen atoms in total. The molecule has 0 spiro atoms. The Kier molecular flexibility index (Phi) is 3.61. The number of methoxy groups -OCH3 is 1. The molecule has 1 aliphatic heterocycles. The first-order valence-corrected chi connectivity index (χ1v) is 7.49. The molecule has 102 valence electrons. The number of rotatable bonds is 3. The maximum Gasteiger partial charge on any atom is 0.224 e. The average molecular weight is 281 g/mol. The summed E-state index contributed by atoms with van der Waals surface area (Å²) in [5.74, 6) is 0.414. The van der Waals surface area contributed by atoms with E-state index >= 15 is 0 Å². The summed E-state index contributed by atoms with van der Waals surface area (Å²) in [5, 5.41) is 1.16. The number of nitrogens with zero attached hydrogens (tertiary/aromatic N) is 1. The smallest absolute Gasteiger partial charge is 0.224 e. The second-order valence-corrected chi connectivity index (χ2v) is 6.24. The highest BCUT2D eigenvalue weighted by Crippen LogP contribution is 2.24. The minimum absolute atomic E-state index is 0.0708. The number of benzene rings is 1. The lowest BCUT2D eigenvalue weighted by Gasteiger charge is -2.26. The van der Waals surface area contributed by atoms with Crippen molar-refractivity contribution in [2.24, 2.45) is 0 Å². The Morgan fingerprint density at radius 2 is 1.95 bits per heavy atom. The van der Waals surface area contributed by atoms with Gasteiger partial charge in [-0.15, -0.1) is 0 Å². The molecule has 6 heteroatoms. The van der Waals surface area contributed by atoms with Crippen molar-refractivity contribution >= 4 is 21.4 Å². The zero-order valence-electron chi connectivity index (χ0n) is 10.7. The van der Waals surface area contributed by atoms with Gasteiger partial charge in [0.25, 0.3) is 0 Å². The molecule has 1 aliphatic rings. The number of ether oxygens (including phenoxy) is 1. The van der Waals surface area contributed by atoms with Crippen molar-refractivity contribution in [1.29, 1.82) is 0 Å². The molecule has 1 atom stereocenters. The Labute approximate surface area is 112 Å². The first-order chi connectivity index (χ1) is 8.93. The Bertz CT molecular complexity index is 604. The largest absolute Gasteiger partial charge is 0.497 e. The third kappa shape index (κ3) is 2.96. The Morgan fingerprint density at radius 3 is 2.37 bits per heavy atom. The molecule has 1 aromatic rings. The average Bonchev–Trinajstić information content (AvgIpc) is 2.70. The number of hydrogen-bond acceptors (Lipinski definition) is 4. The monoisotopic (exact) mass is 281 g/mol. The number of sulfone groups is 1. The summed E-state index contributed by atoms with van der Waals surface area (Å²) in [6.07, 6.45) is 1.54. The van der Waals surface area contributed by atoms with Crippen LogP contribution in [0.1, 0.15) is 6.92 Å². The molecule has 0 aromatic heterocycles. The summed E-state index contributed by atoms with van der Waals surface area (Å²) >= 11 is 0. The number of amides is 1. The molecule has 0 N–H and O–H groups in total. The van der Waals surface area contributed by atoms with Gasteiger partial charge in [0, 0.05) is 18.0 Å². The number of carbonyl (C=O) groups is 1. The molecule has 0 bridgehead atoms. The summed E-state index contributed by atoms with van der Waals surface area (Å²) in [4.78, 5) is 13.2. The summed E-state index contributed by atoms with van der Waals surface area (Å²) < 4.78 is 28.0. The second kappa shape index (κ2) is 5.05. The van der Waals surface area contributed by atoms with Crippen molar-refractivity contribution in [2.75, 3.05) is 17.8 Å². The van der Waals surface area contributed by atoms with Gasteiger partial charge < -0.3 is 9.64 Å². The summed E-state index contributed by atoms with van der Waals surface area (Å²) in [6, 6.07) is 6.49. The van der Waals surface area contributed by atoms with Gasteiger partial charge in [-0.05, 0) is 30.3 Å². The molecule has 0 aliphatic carbocycles. The van der Waals surface area contributed by atoms with Crippen LogP contribution in [0.4, 0.5) is 5.69 Å². The molecule has 0 saturated heterocycles. The fourth-order valence-electron chi connectivity index (χ4n) is 2.07. The molecule has 0 unspecified atom stereocenters. The normalized spacial score (nSPS) is 20.2. The van der Waals surface area contributed by atoms with E-state index in [4.69, 9.17) is 4.74 Å². The van der Waals surface area contributed by atoms with Crippen LogP contribution in [0.3, 0.4) is 0 Å². The molecule has 1 amide bonds. The van der Waals surface area contributed by atoms with Gasteiger partial charge in [0.1, 0.15) is 5.75 Å². The lowest BCUT2D eigenvalue weighted by Crippen LogP contribution is -2.39. The van der Waals surface area contributed by atoms with Crippen molar-refractivity contribution in [3.05, 3.63) is 35.7 Å². The lowest BCUT2D eigenvalue weighted by molar-refractivity contribution is -0.116. The van der Waals surface area contributed by atoms with Crippen molar-refractivity contribution < 1.29 is 17.9 Å². The molecule has 0 saturated carbocycles. The van der Waals surface area contributed by atoms with Gasteiger partial charge in [0.05, 0.1) is 18.9 Å². The zero-order valence-corrected chi connectivity index (χ0v) is 11.6. The van der Waals surface area contributed by atoms with Crippen LogP contribution in [0.15, 0.2) is 35.7 Å². The van der Waals surface area contributed by atoms with Crippen LogP contribution < -0.4 is 9.64 Å². The van der Waals surface area contributed by atoms with E-state index in [1.54, 1.807) is 37.5 Å². The third-order valence-electron chi connectivity index (χ3n) is 2.93. The maximum absolute atomic E-state index is 11.8. The van der Waals surface area contributed by atoms with E-state index in [2.05, 4.69) is 0 Å². The van der Waals surface area contributed by atoms with Gasteiger partial charge in [-0.1, -0.05) is 0 Å². The van der Waals surface area contributed by atoms with E-state index in [9.17, 15) is 13.2 Å². The van der Waals surface area contributed by atoms with Crippen LogP contribution in [0.2, 0.25) is 0 Å². The van der Waals surface area contributed by atoms with Crippen LogP contribution in [-0.4, -0.2) is 33.2 Å².